The molecular formula is C34H34N4. The van der Waals surface area contributed by atoms with E-state index >= 15 is 0 Å². The van der Waals surface area contributed by atoms with Crippen LogP contribution in [0.4, 0.5) is 0 Å². The number of hydrogen-bond acceptors (Lipinski definition) is 4. The van der Waals surface area contributed by atoms with Gasteiger partial charge in [0, 0.05) is 24.8 Å². The number of hydrogen-bond donors (Lipinski definition) is 0. The van der Waals surface area contributed by atoms with Gasteiger partial charge in [-0.05, 0) is 118 Å². The molecule has 0 N–H and O–H groups in total. The maximum absolute atomic E-state index is 4.96. The summed E-state index contributed by atoms with van der Waals surface area (Å²) in [6.07, 6.45) is 10.7. The fourth-order valence-electron chi connectivity index (χ4n) is 8.95. The van der Waals surface area contributed by atoms with Gasteiger partial charge >= 0.3 is 0 Å². The maximum atomic E-state index is 4.96. The predicted molar refractivity (Wildman–Crippen MR) is 150 cm³/mol. The van der Waals surface area contributed by atoms with Crippen molar-refractivity contribution >= 4 is 0 Å². The lowest BCUT2D eigenvalue weighted by atomic mass is 9.36. The van der Waals surface area contributed by atoms with Crippen LogP contribution in [0.15, 0.2) is 73.3 Å². The second kappa shape index (κ2) is 7.59. The second-order valence-corrected chi connectivity index (χ2v) is 13.3. The van der Waals surface area contributed by atoms with Gasteiger partial charge in [-0.15, -0.1) is 0 Å². The topological polar surface area (TPSA) is 51.6 Å². The molecule has 6 atom stereocenters. The third-order valence-electron chi connectivity index (χ3n) is 11.2. The zero-order chi connectivity index (χ0) is 25.8. The summed E-state index contributed by atoms with van der Waals surface area (Å²) in [4.78, 5) is 19.2. The lowest BCUT2D eigenvalue weighted by Gasteiger charge is -2.67. The van der Waals surface area contributed by atoms with E-state index in [-0.39, 0.29) is 10.8 Å². The van der Waals surface area contributed by atoms with Crippen molar-refractivity contribution in [2.45, 2.75) is 64.2 Å². The Kier molecular flexibility index (Phi) is 4.51. The molecule has 4 aromatic heterocycles. The molecule has 190 valence electrons. The van der Waals surface area contributed by atoms with Crippen LogP contribution in [-0.2, 0) is 0 Å². The second-order valence-electron chi connectivity index (χ2n) is 13.3. The van der Waals surface area contributed by atoms with Gasteiger partial charge < -0.3 is 0 Å². The van der Waals surface area contributed by atoms with Crippen molar-refractivity contribution in [1.82, 2.24) is 19.9 Å². The molecule has 38 heavy (non-hydrogen) atoms. The first-order chi connectivity index (χ1) is 18.4. The highest BCUT2D eigenvalue weighted by Gasteiger charge is 2.64. The molecule has 2 fully saturated rings. The van der Waals surface area contributed by atoms with Crippen molar-refractivity contribution in [2.75, 3.05) is 0 Å². The zero-order valence-corrected chi connectivity index (χ0v) is 22.6. The van der Waals surface area contributed by atoms with Gasteiger partial charge in [0.2, 0.25) is 0 Å². The van der Waals surface area contributed by atoms with Gasteiger partial charge in [-0.3, -0.25) is 19.9 Å². The van der Waals surface area contributed by atoms with Gasteiger partial charge in [-0.25, -0.2) is 0 Å². The lowest BCUT2D eigenvalue weighted by molar-refractivity contribution is -0.0648. The molecule has 4 heterocycles. The van der Waals surface area contributed by atoms with Crippen LogP contribution in [0.5, 0.6) is 0 Å². The van der Waals surface area contributed by atoms with E-state index in [9.17, 15) is 0 Å². The van der Waals surface area contributed by atoms with Crippen molar-refractivity contribution in [3.63, 3.8) is 0 Å². The standard InChI is InChI=1S/C34H34N4/c1-33(2)23-15-25(33)31(19-13-29(37-17-21(19)23)27-9-5-7-11-35-27)32-20-14-30(28-10-6-8-12-36-28)38-18-22(20)24-16-26(32)34(24,3)4/h5-14,17-18,23-26,31-32H,15-16H2,1-4H3/t23-,24-,25+,26+,31-,32-/m0/s1. The van der Waals surface area contributed by atoms with Crippen molar-refractivity contribution in [3.05, 3.63) is 95.6 Å². The van der Waals surface area contributed by atoms with E-state index in [1.54, 1.807) is 0 Å². The highest BCUT2D eigenvalue weighted by molar-refractivity contribution is 5.61. The quantitative estimate of drug-likeness (QED) is 0.290. The Hall–Kier alpha value is -3.40. The first-order valence-corrected chi connectivity index (χ1v) is 14.2. The molecule has 0 radical (unpaired) electrons. The summed E-state index contributed by atoms with van der Waals surface area (Å²) in [5.74, 6) is 3.46. The van der Waals surface area contributed by atoms with Crippen molar-refractivity contribution in [3.8, 4) is 22.8 Å². The average Bonchev–Trinajstić information content (AvgIpc) is 2.95. The van der Waals surface area contributed by atoms with E-state index in [0.29, 0.717) is 35.5 Å². The first-order valence-electron chi connectivity index (χ1n) is 14.2. The highest BCUT2D eigenvalue weighted by atomic mass is 14.8. The van der Waals surface area contributed by atoms with Crippen LogP contribution >= 0.6 is 0 Å². The predicted octanol–water partition coefficient (Wildman–Crippen LogP) is 7.75. The Morgan fingerprint density at radius 1 is 0.553 bits per heavy atom. The molecule has 0 amide bonds. The summed E-state index contributed by atoms with van der Waals surface area (Å²) in [5, 5.41) is 0. The first kappa shape index (κ1) is 22.6. The van der Waals surface area contributed by atoms with Gasteiger partial charge in [0.15, 0.2) is 0 Å². The molecule has 2 saturated carbocycles. The average molecular weight is 499 g/mol. The Labute approximate surface area is 225 Å². The molecule has 10 rings (SSSR count). The summed E-state index contributed by atoms with van der Waals surface area (Å²) in [6.45, 7) is 10.00. The van der Waals surface area contributed by atoms with Crippen LogP contribution in [0, 0.1) is 22.7 Å². The molecule has 6 aliphatic rings. The zero-order valence-electron chi connectivity index (χ0n) is 22.6. The molecule has 0 unspecified atom stereocenters. The molecule has 0 aliphatic heterocycles. The third-order valence-corrected chi connectivity index (χ3v) is 11.2. The SMILES string of the molecule is CC1(C)[C@@H]2C[C@H]1c1cnc(-c3ccccn3)cc1[C@@H]2[C@H]1c2cc(-c3ccccn3)ncc2[C@@H]2C[C@H]1C2(C)C. The molecular weight excluding hydrogens is 464 g/mol. The third kappa shape index (κ3) is 2.86. The van der Waals surface area contributed by atoms with E-state index in [0.717, 1.165) is 22.8 Å². The van der Waals surface area contributed by atoms with E-state index in [4.69, 9.17) is 9.97 Å². The van der Waals surface area contributed by atoms with E-state index in [1.165, 1.54) is 35.1 Å². The maximum Gasteiger partial charge on any atom is 0.0889 e. The molecule has 4 nitrogen and oxygen atoms in total. The summed E-state index contributed by atoms with van der Waals surface area (Å²) in [6, 6.07) is 17.0. The minimum Gasteiger partial charge on any atom is -0.255 e. The van der Waals surface area contributed by atoms with Gasteiger partial charge in [0.25, 0.3) is 0 Å². The molecule has 0 saturated heterocycles. The fraction of sp³-hybridized carbons (Fsp3) is 0.412. The van der Waals surface area contributed by atoms with E-state index in [1.807, 2.05) is 24.5 Å². The highest BCUT2D eigenvalue weighted by Crippen LogP contribution is 2.75. The number of rotatable bonds is 3. The molecule has 4 aromatic rings. The Bertz CT molecular complexity index is 1440. The number of nitrogens with zero attached hydrogens (tertiary/aromatic N) is 4. The monoisotopic (exact) mass is 498 g/mol. The van der Waals surface area contributed by atoms with Gasteiger partial charge in [-0.2, -0.15) is 0 Å². The normalized spacial score (nSPS) is 30.8. The van der Waals surface area contributed by atoms with Crippen LogP contribution in [0.25, 0.3) is 22.8 Å². The van der Waals surface area contributed by atoms with Crippen LogP contribution in [0.2, 0.25) is 0 Å². The van der Waals surface area contributed by atoms with E-state index in [2.05, 4.69) is 86.5 Å². The molecule has 0 aromatic carbocycles. The molecule has 0 spiro atoms. The summed E-state index contributed by atoms with van der Waals surface area (Å²) in [5.41, 5.74) is 10.5. The largest absolute Gasteiger partial charge is 0.255 e. The number of aromatic nitrogens is 4. The fourth-order valence-corrected chi connectivity index (χ4v) is 8.95. The Morgan fingerprint density at radius 3 is 1.37 bits per heavy atom. The Morgan fingerprint density at radius 2 is 1.00 bits per heavy atom. The lowest BCUT2D eigenvalue weighted by Crippen LogP contribution is -2.57. The summed E-state index contributed by atoms with van der Waals surface area (Å²) >= 11 is 0. The summed E-state index contributed by atoms with van der Waals surface area (Å²) < 4.78 is 0. The smallest absolute Gasteiger partial charge is 0.0889 e. The van der Waals surface area contributed by atoms with Crippen molar-refractivity contribution in [2.24, 2.45) is 22.7 Å². The molecule has 4 heteroatoms. The summed E-state index contributed by atoms with van der Waals surface area (Å²) in [7, 11) is 0. The van der Waals surface area contributed by atoms with Crippen LogP contribution in [0.3, 0.4) is 0 Å². The number of pyridine rings is 4. The minimum atomic E-state index is 0.285. The van der Waals surface area contributed by atoms with Gasteiger partial charge in [0.1, 0.15) is 0 Å². The molecule has 6 aliphatic carbocycles. The van der Waals surface area contributed by atoms with Crippen LogP contribution < -0.4 is 0 Å². The van der Waals surface area contributed by atoms with E-state index < -0.39 is 0 Å². The number of fused-ring (bicyclic) bond motifs is 1. The molecule has 4 bridgehead atoms. The minimum absolute atomic E-state index is 0.285. The van der Waals surface area contributed by atoms with Crippen LogP contribution in [-0.4, -0.2) is 19.9 Å². The Balaban J connectivity index is 1.33. The van der Waals surface area contributed by atoms with Crippen LogP contribution in [0.1, 0.15) is 86.5 Å². The van der Waals surface area contributed by atoms with Crippen molar-refractivity contribution < 1.29 is 0 Å². The van der Waals surface area contributed by atoms with Gasteiger partial charge in [-0.1, -0.05) is 39.8 Å². The van der Waals surface area contributed by atoms with Crippen molar-refractivity contribution in [1.29, 1.82) is 0 Å². The van der Waals surface area contributed by atoms with Gasteiger partial charge in [0.05, 0.1) is 22.8 Å².